The van der Waals surface area contributed by atoms with Gasteiger partial charge >= 0.3 is 0 Å². The summed E-state index contributed by atoms with van der Waals surface area (Å²) in [6.45, 7) is 1.45. The van der Waals surface area contributed by atoms with Crippen molar-refractivity contribution in [1.29, 1.82) is 0 Å². The molecule has 0 saturated carbocycles. The second-order valence-corrected chi connectivity index (χ2v) is 5.52. The number of rotatable bonds is 6. The molecule has 0 N–H and O–H groups in total. The van der Waals surface area contributed by atoms with Crippen LogP contribution < -0.4 is 9.47 Å². The number of fused-ring (bicyclic) bond motifs is 1. The number of benzene rings is 3. The molecule has 0 radical (unpaired) electrons. The summed E-state index contributed by atoms with van der Waals surface area (Å²) in [5.41, 5.74) is -0.556. The van der Waals surface area contributed by atoms with E-state index in [1.165, 1.54) is 0 Å². The van der Waals surface area contributed by atoms with Gasteiger partial charge in [0.05, 0.1) is 5.56 Å². The van der Waals surface area contributed by atoms with Crippen LogP contribution in [0.5, 0.6) is 11.5 Å². The van der Waals surface area contributed by atoms with Crippen LogP contribution in [-0.2, 0) is 0 Å². The van der Waals surface area contributed by atoms with Crippen molar-refractivity contribution >= 4 is 16.6 Å². The summed E-state index contributed by atoms with van der Waals surface area (Å²) in [5.74, 6) is -1.83. The monoisotopic (exact) mass is 342 g/mol. The molecule has 0 heterocycles. The fourth-order valence-electron chi connectivity index (χ4n) is 2.55. The molecule has 0 atom stereocenters. The smallest absolute Gasteiger partial charge is 0.165 e. The van der Waals surface area contributed by atoms with E-state index in [1.54, 1.807) is 0 Å². The van der Waals surface area contributed by atoms with Crippen molar-refractivity contribution in [3.63, 3.8) is 0 Å². The molecule has 5 heteroatoms. The van der Waals surface area contributed by atoms with E-state index in [-0.39, 0.29) is 19.0 Å². The summed E-state index contributed by atoms with van der Waals surface area (Å²) in [6.07, 6.45) is 0. The minimum absolute atomic E-state index is 0.0158. The molecule has 0 aliphatic carbocycles. The third-order valence-corrected chi connectivity index (χ3v) is 3.71. The Labute approximate surface area is 143 Å². The predicted octanol–water partition coefficient (Wildman–Crippen LogP) is 4.78. The van der Waals surface area contributed by atoms with E-state index in [0.29, 0.717) is 5.75 Å². The first-order valence-corrected chi connectivity index (χ1v) is 7.79. The molecule has 25 heavy (non-hydrogen) atoms. The van der Waals surface area contributed by atoms with Gasteiger partial charge in [0.2, 0.25) is 0 Å². The summed E-state index contributed by atoms with van der Waals surface area (Å²) < 4.78 is 38.3. The molecule has 0 fully saturated rings. The molecular formula is C20H16F2O3. The van der Waals surface area contributed by atoms with Crippen LogP contribution in [0.1, 0.15) is 17.3 Å². The van der Waals surface area contributed by atoms with Crippen LogP contribution in [0.3, 0.4) is 0 Å². The van der Waals surface area contributed by atoms with Crippen molar-refractivity contribution in [3.8, 4) is 11.5 Å². The minimum atomic E-state index is -0.932. The summed E-state index contributed by atoms with van der Waals surface area (Å²) >= 11 is 0. The van der Waals surface area contributed by atoms with Crippen LogP contribution in [0.25, 0.3) is 10.8 Å². The van der Waals surface area contributed by atoms with Gasteiger partial charge in [0.15, 0.2) is 5.78 Å². The van der Waals surface area contributed by atoms with E-state index in [2.05, 4.69) is 0 Å². The average molecular weight is 342 g/mol. The number of hydrogen-bond acceptors (Lipinski definition) is 3. The summed E-state index contributed by atoms with van der Waals surface area (Å²) in [4.78, 5) is 11.2. The standard InChI is InChI=1S/C20H16F2O3/c1-13(23)20-18(21)11-17(12-19(20)22)25-9-8-24-16-7-6-14-4-2-3-5-15(14)10-16/h2-7,10-12H,8-9H2,1H3. The number of ketones is 1. The lowest BCUT2D eigenvalue weighted by atomic mass is 10.1. The van der Waals surface area contributed by atoms with E-state index in [9.17, 15) is 13.6 Å². The molecule has 0 bridgehead atoms. The van der Waals surface area contributed by atoms with Crippen LogP contribution in [0.4, 0.5) is 8.78 Å². The first-order chi connectivity index (χ1) is 12.0. The van der Waals surface area contributed by atoms with Crippen molar-refractivity contribution in [2.75, 3.05) is 13.2 Å². The highest BCUT2D eigenvalue weighted by molar-refractivity contribution is 5.94. The number of halogens is 2. The second-order valence-electron chi connectivity index (χ2n) is 5.52. The molecule has 0 spiro atoms. The molecule has 0 unspecified atom stereocenters. The Morgan fingerprint density at radius 1 is 0.840 bits per heavy atom. The Bertz CT molecular complexity index is 899. The van der Waals surface area contributed by atoms with Gasteiger partial charge in [0, 0.05) is 12.1 Å². The maximum atomic E-state index is 13.7. The van der Waals surface area contributed by atoms with Gasteiger partial charge in [-0.25, -0.2) is 8.78 Å². The Hall–Kier alpha value is -2.95. The van der Waals surface area contributed by atoms with Crippen LogP contribution in [0.15, 0.2) is 54.6 Å². The Balaban J connectivity index is 1.58. The third-order valence-electron chi connectivity index (χ3n) is 3.71. The van der Waals surface area contributed by atoms with E-state index in [0.717, 1.165) is 29.8 Å². The van der Waals surface area contributed by atoms with Gasteiger partial charge in [-0.05, 0) is 29.8 Å². The first kappa shape index (κ1) is 16.9. The van der Waals surface area contributed by atoms with E-state index in [4.69, 9.17) is 9.47 Å². The summed E-state index contributed by atoms with van der Waals surface area (Å²) in [7, 11) is 0. The van der Waals surface area contributed by atoms with Gasteiger partial charge < -0.3 is 9.47 Å². The van der Waals surface area contributed by atoms with Crippen molar-refractivity contribution < 1.29 is 23.0 Å². The number of ether oxygens (including phenoxy) is 2. The van der Waals surface area contributed by atoms with Gasteiger partial charge in [-0.2, -0.15) is 0 Å². The molecule has 3 aromatic rings. The molecule has 3 aromatic carbocycles. The minimum Gasteiger partial charge on any atom is -0.490 e. The van der Waals surface area contributed by atoms with E-state index in [1.807, 2.05) is 42.5 Å². The van der Waals surface area contributed by atoms with Gasteiger partial charge in [-0.1, -0.05) is 30.3 Å². The molecule has 0 aliphatic rings. The number of Topliss-reactive ketones (excluding diaryl/α,β-unsaturated/α-hetero) is 1. The van der Waals surface area contributed by atoms with Crippen LogP contribution in [-0.4, -0.2) is 19.0 Å². The Morgan fingerprint density at radius 3 is 2.08 bits per heavy atom. The lowest BCUT2D eigenvalue weighted by Crippen LogP contribution is -2.10. The van der Waals surface area contributed by atoms with Crippen LogP contribution >= 0.6 is 0 Å². The van der Waals surface area contributed by atoms with Gasteiger partial charge in [0.25, 0.3) is 0 Å². The zero-order chi connectivity index (χ0) is 17.8. The van der Waals surface area contributed by atoms with Crippen LogP contribution in [0.2, 0.25) is 0 Å². The Kier molecular flexibility index (Phi) is 4.93. The summed E-state index contributed by atoms with van der Waals surface area (Å²) in [5, 5.41) is 2.17. The molecule has 0 aliphatic heterocycles. The third kappa shape index (κ3) is 3.94. The SMILES string of the molecule is CC(=O)c1c(F)cc(OCCOc2ccc3ccccc3c2)cc1F. The molecule has 0 amide bonds. The normalized spacial score (nSPS) is 10.7. The fraction of sp³-hybridized carbons (Fsp3) is 0.150. The highest BCUT2D eigenvalue weighted by Gasteiger charge is 2.15. The maximum Gasteiger partial charge on any atom is 0.165 e. The maximum absolute atomic E-state index is 13.7. The molecule has 0 aromatic heterocycles. The Morgan fingerprint density at radius 2 is 1.44 bits per heavy atom. The highest BCUT2D eigenvalue weighted by Crippen LogP contribution is 2.22. The topological polar surface area (TPSA) is 35.5 Å². The second kappa shape index (κ2) is 7.30. The van der Waals surface area contributed by atoms with Crippen molar-refractivity contribution in [3.05, 3.63) is 71.8 Å². The van der Waals surface area contributed by atoms with Gasteiger partial charge in [0.1, 0.15) is 36.3 Å². The lowest BCUT2D eigenvalue weighted by Gasteiger charge is -2.10. The lowest BCUT2D eigenvalue weighted by molar-refractivity contribution is 0.100. The number of carbonyl (C=O) groups is 1. The van der Waals surface area contributed by atoms with Crippen LogP contribution in [0, 0.1) is 11.6 Å². The molecule has 0 saturated heterocycles. The molecule has 128 valence electrons. The molecular weight excluding hydrogens is 326 g/mol. The number of hydrogen-bond donors (Lipinski definition) is 0. The van der Waals surface area contributed by atoms with Crippen molar-refractivity contribution in [2.45, 2.75) is 6.92 Å². The van der Waals surface area contributed by atoms with Gasteiger partial charge in [-0.15, -0.1) is 0 Å². The molecule has 3 nitrogen and oxygen atoms in total. The molecule has 3 rings (SSSR count). The van der Waals surface area contributed by atoms with Crippen molar-refractivity contribution in [1.82, 2.24) is 0 Å². The quantitative estimate of drug-likeness (QED) is 0.478. The van der Waals surface area contributed by atoms with Gasteiger partial charge in [-0.3, -0.25) is 4.79 Å². The number of carbonyl (C=O) groups excluding carboxylic acids is 1. The largest absolute Gasteiger partial charge is 0.490 e. The van der Waals surface area contributed by atoms with E-state index < -0.39 is 23.0 Å². The van der Waals surface area contributed by atoms with E-state index >= 15 is 0 Å². The van der Waals surface area contributed by atoms with Crippen molar-refractivity contribution in [2.24, 2.45) is 0 Å². The highest BCUT2D eigenvalue weighted by atomic mass is 19.1. The fourth-order valence-corrected chi connectivity index (χ4v) is 2.55. The zero-order valence-electron chi connectivity index (χ0n) is 13.6. The first-order valence-electron chi connectivity index (χ1n) is 7.79. The summed E-state index contributed by atoms with van der Waals surface area (Å²) in [6, 6.07) is 15.6. The average Bonchev–Trinajstić information content (AvgIpc) is 2.57. The zero-order valence-corrected chi connectivity index (χ0v) is 13.6. The predicted molar refractivity (Wildman–Crippen MR) is 91.3 cm³/mol.